The second-order valence-corrected chi connectivity index (χ2v) is 9.57. The van der Waals surface area contributed by atoms with Gasteiger partial charge < -0.3 is 0 Å². The van der Waals surface area contributed by atoms with E-state index in [4.69, 9.17) is 0 Å². The van der Waals surface area contributed by atoms with Gasteiger partial charge in [-0.25, -0.2) is 0 Å². The molecule has 1 atom stereocenters. The van der Waals surface area contributed by atoms with E-state index in [-0.39, 0.29) is 0 Å². The Balaban J connectivity index is 1.92. The van der Waals surface area contributed by atoms with Crippen molar-refractivity contribution >= 4 is 0 Å². The third-order valence-corrected chi connectivity index (χ3v) is 7.57. The van der Waals surface area contributed by atoms with Crippen molar-refractivity contribution in [3.63, 3.8) is 0 Å². The second-order valence-electron chi connectivity index (χ2n) is 6.13. The van der Waals surface area contributed by atoms with Crippen LogP contribution in [0, 0.1) is 0 Å². The standard InChI is InChI=1S/C17H23.Hf/c1-2-3-4-6-14-11-12-15-10-9-13-7-5-8-16(13)17(14)15;/h9-10H,2-8,11-12H2,1H3;. The van der Waals surface area contributed by atoms with E-state index in [9.17, 15) is 0 Å². The van der Waals surface area contributed by atoms with Crippen LogP contribution in [-0.4, -0.2) is 0 Å². The fraction of sp³-hybridized carbons (Fsp3) is 0.647. The Morgan fingerprint density at radius 1 is 1.11 bits per heavy atom. The molecule has 2 aliphatic carbocycles. The first kappa shape index (κ1) is 13.1. The van der Waals surface area contributed by atoms with Crippen molar-refractivity contribution in [2.24, 2.45) is 0 Å². The summed E-state index contributed by atoms with van der Waals surface area (Å²) in [6.07, 6.45) is 12.6. The minimum absolute atomic E-state index is 0.639. The zero-order chi connectivity index (χ0) is 12.6. The van der Waals surface area contributed by atoms with Crippen molar-refractivity contribution in [2.45, 2.75) is 67.9 Å². The summed E-state index contributed by atoms with van der Waals surface area (Å²) >= 11 is 1.35. The fourth-order valence-electron chi connectivity index (χ4n) is 3.92. The number of aryl methyl sites for hydroxylation is 2. The van der Waals surface area contributed by atoms with Crippen LogP contribution >= 0.6 is 0 Å². The van der Waals surface area contributed by atoms with E-state index in [2.05, 4.69) is 19.1 Å². The Kier molecular flexibility index (Phi) is 3.80. The van der Waals surface area contributed by atoms with Gasteiger partial charge in [0.05, 0.1) is 0 Å². The molecule has 0 saturated heterocycles. The zero-order valence-corrected chi connectivity index (χ0v) is 15.1. The summed E-state index contributed by atoms with van der Waals surface area (Å²) < 4.78 is 0.639. The minimum atomic E-state index is 0.639. The van der Waals surface area contributed by atoms with Crippen molar-refractivity contribution < 1.29 is 24.4 Å². The van der Waals surface area contributed by atoms with Gasteiger partial charge >= 0.3 is 127 Å². The molecule has 1 aromatic rings. The molecule has 18 heavy (non-hydrogen) atoms. The molecule has 0 nitrogen and oxygen atoms in total. The molecule has 0 N–H and O–H groups in total. The van der Waals surface area contributed by atoms with Gasteiger partial charge in [-0.3, -0.25) is 0 Å². The van der Waals surface area contributed by atoms with Crippen LogP contribution in [0.2, 0.25) is 0 Å². The van der Waals surface area contributed by atoms with Crippen LogP contribution in [0.15, 0.2) is 12.1 Å². The van der Waals surface area contributed by atoms with Crippen LogP contribution in [0.3, 0.4) is 0 Å². The zero-order valence-electron chi connectivity index (χ0n) is 11.5. The Labute approximate surface area is 126 Å². The number of unbranched alkanes of at least 4 members (excludes halogenated alkanes) is 2. The van der Waals surface area contributed by atoms with Crippen LogP contribution in [0.5, 0.6) is 0 Å². The Hall–Kier alpha value is 0.0901. The van der Waals surface area contributed by atoms with Gasteiger partial charge in [-0.15, -0.1) is 0 Å². The Morgan fingerprint density at radius 2 is 1.94 bits per heavy atom. The predicted molar refractivity (Wildman–Crippen MR) is 72.6 cm³/mol. The van der Waals surface area contributed by atoms with Crippen LogP contribution < -0.4 is 0 Å². The molecule has 3 rings (SSSR count). The van der Waals surface area contributed by atoms with Crippen molar-refractivity contribution in [3.05, 3.63) is 34.4 Å². The van der Waals surface area contributed by atoms with Crippen molar-refractivity contribution in [2.75, 3.05) is 0 Å². The van der Waals surface area contributed by atoms with Crippen LogP contribution in [-0.2, 0) is 46.8 Å². The number of hydrogen-bond acceptors (Lipinski definition) is 0. The molecular formula is C17H23Hf. The van der Waals surface area contributed by atoms with E-state index in [0.717, 1.165) is 0 Å². The third kappa shape index (κ3) is 2.17. The van der Waals surface area contributed by atoms with Gasteiger partial charge in [0.25, 0.3) is 0 Å². The van der Waals surface area contributed by atoms with E-state index in [1.54, 1.807) is 16.7 Å². The van der Waals surface area contributed by atoms with Gasteiger partial charge in [0, 0.05) is 0 Å². The van der Waals surface area contributed by atoms with E-state index in [1.165, 1.54) is 82.2 Å². The van der Waals surface area contributed by atoms with E-state index >= 15 is 0 Å². The summed E-state index contributed by atoms with van der Waals surface area (Å²) in [4.78, 5) is 0. The van der Waals surface area contributed by atoms with Crippen molar-refractivity contribution in [1.82, 2.24) is 0 Å². The van der Waals surface area contributed by atoms with E-state index in [0.29, 0.717) is 3.17 Å². The van der Waals surface area contributed by atoms with Gasteiger partial charge in [-0.2, -0.15) is 0 Å². The molecule has 0 bridgehead atoms. The summed E-state index contributed by atoms with van der Waals surface area (Å²) in [5, 5.41) is 0. The molecule has 0 fully saturated rings. The normalized spacial score (nSPS) is 25.1. The molecule has 0 heterocycles. The number of rotatable bonds is 4. The molecule has 0 radical (unpaired) electrons. The Bertz CT molecular complexity index is 449. The first-order valence-corrected chi connectivity index (χ1v) is 9.43. The fourth-order valence-corrected chi connectivity index (χ4v) is 6.12. The SMILES string of the molecule is CCCCC[C]1([Hf])CCc2ccc3c(c21)CCC3. The molecule has 0 aliphatic heterocycles. The molecule has 2 aliphatic rings. The average molecular weight is 406 g/mol. The molecule has 1 heteroatoms. The van der Waals surface area contributed by atoms with E-state index in [1.807, 2.05) is 5.56 Å². The quantitative estimate of drug-likeness (QED) is 0.513. The summed E-state index contributed by atoms with van der Waals surface area (Å²) in [5.41, 5.74) is 7.03. The van der Waals surface area contributed by atoms with Crippen molar-refractivity contribution in [1.29, 1.82) is 0 Å². The topological polar surface area (TPSA) is 0 Å². The van der Waals surface area contributed by atoms with Gasteiger partial charge in [0.1, 0.15) is 0 Å². The predicted octanol–water partition coefficient (Wildman–Crippen LogP) is 4.44. The molecule has 0 amide bonds. The maximum atomic E-state index is 2.46. The first-order chi connectivity index (χ1) is 8.74. The average Bonchev–Trinajstić information content (AvgIpc) is 2.94. The Morgan fingerprint density at radius 3 is 2.78 bits per heavy atom. The molecule has 0 aromatic heterocycles. The number of hydrogen-bond donors (Lipinski definition) is 0. The summed E-state index contributed by atoms with van der Waals surface area (Å²) in [7, 11) is 0. The van der Waals surface area contributed by atoms with Gasteiger partial charge in [-0.05, 0) is 0 Å². The van der Waals surface area contributed by atoms with E-state index < -0.39 is 0 Å². The molecule has 1 aromatic carbocycles. The maximum absolute atomic E-state index is 2.46. The molecule has 95 valence electrons. The summed E-state index contributed by atoms with van der Waals surface area (Å²) in [6, 6.07) is 4.89. The first-order valence-electron chi connectivity index (χ1n) is 7.64. The van der Waals surface area contributed by atoms with Crippen LogP contribution in [0.4, 0.5) is 0 Å². The number of fused-ring (bicyclic) bond motifs is 3. The molecule has 0 saturated carbocycles. The number of benzene rings is 1. The molecular weight excluding hydrogens is 383 g/mol. The van der Waals surface area contributed by atoms with Crippen LogP contribution in [0.1, 0.15) is 67.7 Å². The third-order valence-electron chi connectivity index (χ3n) is 4.88. The van der Waals surface area contributed by atoms with Crippen molar-refractivity contribution in [3.8, 4) is 0 Å². The molecule has 0 spiro atoms. The molecule has 1 unspecified atom stereocenters. The van der Waals surface area contributed by atoms with Gasteiger partial charge in [0.15, 0.2) is 0 Å². The summed E-state index contributed by atoms with van der Waals surface area (Å²) in [6.45, 7) is 2.32. The van der Waals surface area contributed by atoms with Gasteiger partial charge in [-0.1, -0.05) is 0 Å². The van der Waals surface area contributed by atoms with Crippen LogP contribution in [0.25, 0.3) is 0 Å². The second kappa shape index (κ2) is 5.23. The van der Waals surface area contributed by atoms with Gasteiger partial charge in [0.2, 0.25) is 0 Å². The monoisotopic (exact) mass is 407 g/mol. The summed E-state index contributed by atoms with van der Waals surface area (Å²) in [5.74, 6) is 0.